The Kier molecular flexibility index (Phi) is 3.31. The molecule has 1 aliphatic heterocycles. The average Bonchev–Trinajstić information content (AvgIpc) is 2.89. The van der Waals surface area contributed by atoms with Crippen LogP contribution in [0.1, 0.15) is 25.1 Å². The van der Waals surface area contributed by atoms with E-state index in [2.05, 4.69) is 20.1 Å². The van der Waals surface area contributed by atoms with E-state index in [1.807, 2.05) is 28.8 Å². The van der Waals surface area contributed by atoms with Gasteiger partial charge in [0, 0.05) is 19.3 Å². The second-order valence-electron chi connectivity index (χ2n) is 4.77. The number of nitrogens with two attached hydrogens (primary N) is 1. The number of piperidine rings is 1. The van der Waals surface area contributed by atoms with Gasteiger partial charge in [0.15, 0.2) is 17.4 Å². The van der Waals surface area contributed by atoms with Gasteiger partial charge in [-0.25, -0.2) is 4.99 Å². The van der Waals surface area contributed by atoms with Gasteiger partial charge in [-0.1, -0.05) is 6.07 Å². The lowest BCUT2D eigenvalue weighted by Crippen LogP contribution is -2.40. The molecule has 1 fully saturated rings. The molecule has 2 aromatic rings. The van der Waals surface area contributed by atoms with Gasteiger partial charge in [0.25, 0.3) is 0 Å². The van der Waals surface area contributed by atoms with Crippen LogP contribution in [-0.4, -0.2) is 38.5 Å². The van der Waals surface area contributed by atoms with Crippen LogP contribution in [0.4, 0.5) is 0 Å². The number of fused-ring (bicyclic) bond motifs is 1. The van der Waals surface area contributed by atoms with Gasteiger partial charge in [-0.2, -0.15) is 0 Å². The van der Waals surface area contributed by atoms with E-state index in [0.29, 0.717) is 12.5 Å². The van der Waals surface area contributed by atoms with Crippen LogP contribution in [0.5, 0.6) is 0 Å². The van der Waals surface area contributed by atoms with Crippen molar-refractivity contribution in [3.63, 3.8) is 0 Å². The fourth-order valence-electron chi connectivity index (χ4n) is 2.37. The third kappa shape index (κ3) is 2.52. The van der Waals surface area contributed by atoms with Crippen LogP contribution in [-0.2, 0) is 6.54 Å². The molecule has 0 aromatic carbocycles. The highest BCUT2D eigenvalue weighted by Gasteiger charge is 2.12. The number of aromatic nitrogens is 3. The number of pyridine rings is 1. The first-order valence-electron chi connectivity index (χ1n) is 6.68. The summed E-state index contributed by atoms with van der Waals surface area (Å²) in [5.41, 5.74) is 6.86. The summed E-state index contributed by atoms with van der Waals surface area (Å²) in [7, 11) is 0. The van der Waals surface area contributed by atoms with Crippen molar-refractivity contribution < 1.29 is 0 Å². The van der Waals surface area contributed by atoms with Gasteiger partial charge in [-0.3, -0.25) is 4.40 Å². The molecule has 0 unspecified atom stereocenters. The highest BCUT2D eigenvalue weighted by Crippen LogP contribution is 2.09. The largest absolute Gasteiger partial charge is 0.370 e. The molecule has 0 atom stereocenters. The number of hydrogen-bond acceptors (Lipinski definition) is 3. The second-order valence-corrected chi connectivity index (χ2v) is 4.77. The third-order valence-corrected chi connectivity index (χ3v) is 3.45. The van der Waals surface area contributed by atoms with Gasteiger partial charge < -0.3 is 10.6 Å². The first-order valence-corrected chi connectivity index (χ1v) is 6.68. The fraction of sp³-hybridized carbons (Fsp3) is 0.462. The van der Waals surface area contributed by atoms with Crippen molar-refractivity contribution in [1.29, 1.82) is 0 Å². The predicted octanol–water partition coefficient (Wildman–Crippen LogP) is 1.03. The maximum Gasteiger partial charge on any atom is 0.191 e. The normalized spacial score (nSPS) is 17.1. The van der Waals surface area contributed by atoms with E-state index in [-0.39, 0.29) is 0 Å². The van der Waals surface area contributed by atoms with E-state index in [4.69, 9.17) is 5.73 Å². The summed E-state index contributed by atoms with van der Waals surface area (Å²) in [6.45, 7) is 2.49. The minimum Gasteiger partial charge on any atom is -0.370 e. The number of hydrogen-bond donors (Lipinski definition) is 1. The average molecular weight is 258 g/mol. The number of aliphatic imine (C=N–C) groups is 1. The zero-order valence-corrected chi connectivity index (χ0v) is 10.9. The molecule has 100 valence electrons. The van der Waals surface area contributed by atoms with Crippen molar-refractivity contribution in [3.05, 3.63) is 30.2 Å². The van der Waals surface area contributed by atoms with E-state index in [9.17, 15) is 0 Å². The van der Waals surface area contributed by atoms with Crippen LogP contribution in [0, 0.1) is 0 Å². The summed E-state index contributed by atoms with van der Waals surface area (Å²) in [6.07, 6.45) is 5.63. The van der Waals surface area contributed by atoms with Crippen LogP contribution < -0.4 is 5.73 Å². The van der Waals surface area contributed by atoms with E-state index in [0.717, 1.165) is 24.6 Å². The number of nitrogens with zero attached hydrogens (tertiary/aromatic N) is 5. The Balaban J connectivity index is 1.74. The molecule has 2 N–H and O–H groups in total. The van der Waals surface area contributed by atoms with Crippen LogP contribution in [0.3, 0.4) is 0 Å². The minimum atomic E-state index is 0.466. The second kappa shape index (κ2) is 5.26. The molecule has 19 heavy (non-hydrogen) atoms. The van der Waals surface area contributed by atoms with Crippen molar-refractivity contribution in [2.75, 3.05) is 13.1 Å². The van der Waals surface area contributed by atoms with Crippen LogP contribution >= 0.6 is 0 Å². The van der Waals surface area contributed by atoms with Gasteiger partial charge in [-0.05, 0) is 31.4 Å². The number of guanidine groups is 1. The topological polar surface area (TPSA) is 71.8 Å². The van der Waals surface area contributed by atoms with Crippen LogP contribution in [0.15, 0.2) is 29.4 Å². The predicted molar refractivity (Wildman–Crippen MR) is 73.7 cm³/mol. The first-order chi connectivity index (χ1) is 9.34. The minimum absolute atomic E-state index is 0.466. The Bertz CT molecular complexity index is 582. The number of rotatable bonds is 2. The van der Waals surface area contributed by atoms with Gasteiger partial charge in [0.2, 0.25) is 0 Å². The Hall–Kier alpha value is -2.11. The summed E-state index contributed by atoms with van der Waals surface area (Å²) < 4.78 is 1.94. The molecule has 6 heteroatoms. The summed E-state index contributed by atoms with van der Waals surface area (Å²) in [4.78, 5) is 6.58. The molecule has 3 heterocycles. The molecule has 1 aliphatic rings. The molecule has 0 saturated carbocycles. The standard InChI is InChI=1S/C13H18N6/c14-13(18-7-3-1-4-8-18)15-10-12-17-16-11-6-2-5-9-19(11)12/h2,5-6,9H,1,3-4,7-8,10H2,(H2,14,15). The van der Waals surface area contributed by atoms with Gasteiger partial charge >= 0.3 is 0 Å². The Morgan fingerprint density at radius 3 is 2.89 bits per heavy atom. The van der Waals surface area contributed by atoms with Crippen LogP contribution in [0.25, 0.3) is 5.65 Å². The smallest absolute Gasteiger partial charge is 0.191 e. The zero-order valence-electron chi connectivity index (χ0n) is 10.9. The van der Waals surface area contributed by atoms with E-state index >= 15 is 0 Å². The third-order valence-electron chi connectivity index (χ3n) is 3.45. The molecule has 0 aliphatic carbocycles. The molecular weight excluding hydrogens is 240 g/mol. The van der Waals surface area contributed by atoms with Crippen molar-refractivity contribution in [1.82, 2.24) is 19.5 Å². The van der Waals surface area contributed by atoms with Gasteiger partial charge in [0.1, 0.15) is 6.54 Å². The first kappa shape index (κ1) is 12.0. The highest BCUT2D eigenvalue weighted by molar-refractivity contribution is 5.78. The van der Waals surface area contributed by atoms with E-state index < -0.39 is 0 Å². The lowest BCUT2D eigenvalue weighted by atomic mass is 10.1. The molecule has 0 bridgehead atoms. The molecule has 6 nitrogen and oxygen atoms in total. The molecule has 0 radical (unpaired) electrons. The van der Waals surface area contributed by atoms with Crippen molar-refractivity contribution >= 4 is 11.6 Å². The highest BCUT2D eigenvalue weighted by atomic mass is 15.3. The van der Waals surface area contributed by atoms with Crippen LogP contribution in [0.2, 0.25) is 0 Å². The fourth-order valence-corrected chi connectivity index (χ4v) is 2.37. The SMILES string of the molecule is NC(=NCc1nnc2ccccn12)N1CCCCC1. The summed E-state index contributed by atoms with van der Waals surface area (Å²) >= 11 is 0. The van der Waals surface area contributed by atoms with Gasteiger partial charge in [0.05, 0.1) is 0 Å². The summed E-state index contributed by atoms with van der Waals surface area (Å²) in [6, 6.07) is 5.82. The molecule has 0 spiro atoms. The number of likely N-dealkylation sites (tertiary alicyclic amines) is 1. The molecular formula is C13H18N6. The Labute approximate surface area is 112 Å². The van der Waals surface area contributed by atoms with E-state index in [1.165, 1.54) is 19.3 Å². The Morgan fingerprint density at radius 2 is 2.05 bits per heavy atom. The molecule has 1 saturated heterocycles. The van der Waals surface area contributed by atoms with Gasteiger partial charge in [-0.15, -0.1) is 10.2 Å². The lowest BCUT2D eigenvalue weighted by molar-refractivity contribution is 0.338. The maximum atomic E-state index is 6.03. The summed E-state index contributed by atoms with van der Waals surface area (Å²) in [5, 5.41) is 8.24. The van der Waals surface area contributed by atoms with Crippen molar-refractivity contribution in [3.8, 4) is 0 Å². The van der Waals surface area contributed by atoms with E-state index in [1.54, 1.807) is 0 Å². The monoisotopic (exact) mass is 258 g/mol. The lowest BCUT2D eigenvalue weighted by Gasteiger charge is -2.27. The summed E-state index contributed by atoms with van der Waals surface area (Å²) in [5.74, 6) is 1.43. The van der Waals surface area contributed by atoms with Crippen molar-refractivity contribution in [2.24, 2.45) is 10.7 Å². The molecule has 2 aromatic heterocycles. The van der Waals surface area contributed by atoms with Crippen molar-refractivity contribution in [2.45, 2.75) is 25.8 Å². The molecule has 0 amide bonds. The maximum absolute atomic E-state index is 6.03. The Morgan fingerprint density at radius 1 is 1.21 bits per heavy atom. The zero-order chi connectivity index (χ0) is 13.1. The molecule has 3 rings (SSSR count). The quantitative estimate of drug-likeness (QED) is 0.645.